The van der Waals surface area contributed by atoms with Crippen LogP contribution >= 0.6 is 22.7 Å². The van der Waals surface area contributed by atoms with Crippen molar-refractivity contribution in [1.82, 2.24) is 4.40 Å². The molecule has 0 saturated carbocycles. The van der Waals surface area contributed by atoms with E-state index in [1.165, 1.54) is 111 Å². The average Bonchev–Trinajstić information content (AvgIpc) is 4.14. The predicted octanol–water partition coefficient (Wildman–Crippen LogP) is 18.8. The second-order valence-corrected chi connectivity index (χ2v) is 19.8. The number of aromatic nitrogens is 1. The van der Waals surface area contributed by atoms with Crippen molar-refractivity contribution in [3.63, 3.8) is 0 Å². The number of hydrogen-bond donors (Lipinski definition) is 0. The highest BCUT2D eigenvalue weighted by Crippen LogP contribution is 2.51. The number of benzene rings is 11. The molecule has 0 atom stereocenters. The van der Waals surface area contributed by atoms with Crippen LogP contribution in [0.2, 0.25) is 0 Å². The SMILES string of the molecule is c1ccc(N(c2ccc3cc4c5ccc(N(c6ccccc6)c6cccc7sc8ccccc8c67)cc5n5c6c7ccccc7ccc6c(c3c2)c45)c2cccc3sc4ccccc4c23)cc1. The summed E-state index contributed by atoms with van der Waals surface area (Å²) in [6.07, 6.45) is 0. The van der Waals surface area contributed by atoms with E-state index in [9.17, 15) is 0 Å². The van der Waals surface area contributed by atoms with E-state index in [0.717, 1.165) is 22.7 Å². The van der Waals surface area contributed by atoms with Gasteiger partial charge in [-0.05, 0) is 107 Å². The first-order valence-corrected chi connectivity index (χ1v) is 24.5. The molecule has 67 heavy (non-hydrogen) atoms. The van der Waals surface area contributed by atoms with Gasteiger partial charge in [0.05, 0.1) is 27.9 Å². The normalized spacial score (nSPS) is 12.2. The minimum absolute atomic E-state index is 1.12. The lowest BCUT2D eigenvalue weighted by molar-refractivity contribution is 1.30. The summed E-state index contributed by atoms with van der Waals surface area (Å²) in [6.45, 7) is 0. The van der Waals surface area contributed by atoms with Crippen LogP contribution < -0.4 is 9.80 Å². The van der Waals surface area contributed by atoms with E-state index >= 15 is 0 Å². The van der Waals surface area contributed by atoms with Crippen molar-refractivity contribution < 1.29 is 0 Å². The summed E-state index contributed by atoms with van der Waals surface area (Å²) in [5.74, 6) is 0. The summed E-state index contributed by atoms with van der Waals surface area (Å²) >= 11 is 3.73. The van der Waals surface area contributed by atoms with Gasteiger partial charge in [0.25, 0.3) is 0 Å². The van der Waals surface area contributed by atoms with E-state index in [4.69, 9.17) is 0 Å². The highest BCUT2D eigenvalue weighted by molar-refractivity contribution is 7.26. The molecular weight excluding hydrogens is 851 g/mol. The Kier molecular flexibility index (Phi) is 7.82. The Hall–Kier alpha value is -8.22. The van der Waals surface area contributed by atoms with E-state index in [0.29, 0.717) is 0 Å². The van der Waals surface area contributed by atoms with Gasteiger partial charge in [-0.15, -0.1) is 22.7 Å². The highest BCUT2D eigenvalue weighted by Gasteiger charge is 2.26. The second-order valence-electron chi connectivity index (χ2n) is 17.6. The van der Waals surface area contributed by atoms with Crippen LogP contribution in [-0.2, 0) is 0 Å². The summed E-state index contributed by atoms with van der Waals surface area (Å²) in [7, 11) is 0. The zero-order chi connectivity index (χ0) is 43.7. The third kappa shape index (κ3) is 5.32. The van der Waals surface area contributed by atoms with Crippen LogP contribution in [0.25, 0.3) is 100.0 Å². The molecule has 0 amide bonds. The van der Waals surface area contributed by atoms with Gasteiger partial charge in [-0.25, -0.2) is 0 Å². The number of rotatable bonds is 6. The summed E-state index contributed by atoms with van der Waals surface area (Å²) in [5, 5.41) is 15.2. The van der Waals surface area contributed by atoms with Gasteiger partial charge < -0.3 is 14.2 Å². The second kappa shape index (κ2) is 14.1. The van der Waals surface area contributed by atoms with Crippen molar-refractivity contribution in [2.24, 2.45) is 0 Å². The maximum atomic E-state index is 2.59. The molecule has 0 unspecified atom stereocenters. The summed E-state index contributed by atoms with van der Waals surface area (Å²) < 4.78 is 7.77. The predicted molar refractivity (Wildman–Crippen MR) is 291 cm³/mol. The Balaban J connectivity index is 1.03. The van der Waals surface area contributed by atoms with E-state index in [-0.39, 0.29) is 0 Å². The van der Waals surface area contributed by atoms with Crippen molar-refractivity contribution >= 4 is 157 Å². The third-order valence-electron chi connectivity index (χ3n) is 14.0. The number of fused-ring (bicyclic) bond motifs is 16. The molecule has 4 aromatic heterocycles. The lowest BCUT2D eigenvalue weighted by Crippen LogP contribution is -2.10. The first-order valence-electron chi connectivity index (χ1n) is 22.8. The number of hydrogen-bond acceptors (Lipinski definition) is 4. The molecule has 0 aliphatic carbocycles. The summed E-state index contributed by atoms with van der Waals surface area (Å²) in [6, 6.07) is 83.2. The van der Waals surface area contributed by atoms with Crippen LogP contribution in [0.1, 0.15) is 0 Å². The maximum Gasteiger partial charge on any atom is 0.0627 e. The molecule has 3 nitrogen and oxygen atoms in total. The van der Waals surface area contributed by atoms with Crippen molar-refractivity contribution in [3.8, 4) is 0 Å². The van der Waals surface area contributed by atoms with Crippen LogP contribution in [0, 0.1) is 0 Å². The number of anilines is 6. The molecular formula is C62H37N3S2. The minimum Gasteiger partial charge on any atom is -0.310 e. The Labute approximate surface area is 393 Å². The standard InChI is InChI=1S/C62H37N3S2/c1-3-16-40(17-4-1)63(51-23-13-27-56-59(51)46-21-9-11-25-54(46)66-56)42-31-29-39-35-50-45-34-32-43(37-53(45)65-61-44-20-8-7-15-38(44)30-33-48(61)58(62(50)65)49(39)36-42)64(41-18-5-2-6-19-41)52-24-14-28-57-60(52)47-22-10-12-26-55(47)67-57/h1-37H. The molecule has 0 fully saturated rings. The zero-order valence-corrected chi connectivity index (χ0v) is 37.7. The zero-order valence-electron chi connectivity index (χ0n) is 36.0. The first kappa shape index (κ1) is 37.0. The first-order chi connectivity index (χ1) is 33.2. The van der Waals surface area contributed by atoms with E-state index in [1.807, 2.05) is 22.7 Å². The quantitative estimate of drug-likeness (QED) is 0.165. The fraction of sp³-hybridized carbons (Fsp3) is 0. The van der Waals surface area contributed by atoms with Gasteiger partial charge in [0.2, 0.25) is 0 Å². The smallest absolute Gasteiger partial charge is 0.0627 e. The molecule has 4 heterocycles. The molecule has 0 radical (unpaired) electrons. The summed E-state index contributed by atoms with van der Waals surface area (Å²) in [4.78, 5) is 4.93. The average molecular weight is 888 g/mol. The Morgan fingerprint density at radius 1 is 0.284 bits per heavy atom. The molecule has 15 rings (SSSR count). The molecule has 0 spiro atoms. The van der Waals surface area contributed by atoms with Crippen LogP contribution in [0.5, 0.6) is 0 Å². The highest BCUT2D eigenvalue weighted by atomic mass is 32.1. The van der Waals surface area contributed by atoms with Gasteiger partial charge >= 0.3 is 0 Å². The van der Waals surface area contributed by atoms with Gasteiger partial charge in [-0.3, -0.25) is 0 Å². The van der Waals surface area contributed by atoms with E-state index in [1.54, 1.807) is 0 Å². The Bertz CT molecular complexity index is 4470. The third-order valence-corrected chi connectivity index (χ3v) is 16.3. The molecule has 0 aliphatic heterocycles. The Morgan fingerprint density at radius 2 is 0.806 bits per heavy atom. The monoisotopic (exact) mass is 887 g/mol. The van der Waals surface area contributed by atoms with Crippen molar-refractivity contribution in [2.45, 2.75) is 0 Å². The topological polar surface area (TPSA) is 10.9 Å². The Morgan fingerprint density at radius 3 is 1.46 bits per heavy atom. The molecule has 15 aromatic rings. The van der Waals surface area contributed by atoms with Crippen LogP contribution in [0.15, 0.2) is 224 Å². The number of thiophene rings is 2. The minimum atomic E-state index is 1.12. The van der Waals surface area contributed by atoms with Crippen molar-refractivity contribution in [1.29, 1.82) is 0 Å². The van der Waals surface area contributed by atoms with Gasteiger partial charge in [-0.2, -0.15) is 0 Å². The lowest BCUT2D eigenvalue weighted by atomic mass is 9.97. The fourth-order valence-electron chi connectivity index (χ4n) is 11.2. The van der Waals surface area contributed by atoms with Crippen molar-refractivity contribution in [3.05, 3.63) is 224 Å². The molecule has 5 heteroatoms. The van der Waals surface area contributed by atoms with Gasteiger partial charge in [-0.1, -0.05) is 133 Å². The van der Waals surface area contributed by atoms with Crippen LogP contribution in [-0.4, -0.2) is 4.40 Å². The van der Waals surface area contributed by atoms with Crippen LogP contribution in [0.3, 0.4) is 0 Å². The maximum absolute atomic E-state index is 2.59. The van der Waals surface area contributed by atoms with E-state index < -0.39 is 0 Å². The number of nitrogens with zero attached hydrogens (tertiary/aromatic N) is 3. The lowest BCUT2D eigenvalue weighted by Gasteiger charge is -2.27. The molecule has 0 aliphatic rings. The van der Waals surface area contributed by atoms with Gasteiger partial charge in [0.1, 0.15) is 0 Å². The fourth-order valence-corrected chi connectivity index (χ4v) is 13.5. The van der Waals surface area contributed by atoms with Gasteiger partial charge in [0, 0.05) is 90.0 Å². The van der Waals surface area contributed by atoms with Gasteiger partial charge in [0.15, 0.2) is 0 Å². The molecule has 0 bridgehead atoms. The van der Waals surface area contributed by atoms with E-state index in [2.05, 4.69) is 239 Å². The summed E-state index contributed by atoms with van der Waals surface area (Å²) in [5.41, 5.74) is 10.6. The number of para-hydroxylation sites is 2. The molecule has 11 aromatic carbocycles. The molecule has 312 valence electrons. The molecule has 0 N–H and O–H groups in total. The van der Waals surface area contributed by atoms with Crippen LogP contribution in [0.4, 0.5) is 34.1 Å². The molecule has 0 saturated heterocycles. The van der Waals surface area contributed by atoms with Crippen molar-refractivity contribution in [2.75, 3.05) is 9.80 Å². The largest absolute Gasteiger partial charge is 0.310 e.